The van der Waals surface area contributed by atoms with Crippen molar-refractivity contribution >= 4 is 17.7 Å². The van der Waals surface area contributed by atoms with Gasteiger partial charge in [0.1, 0.15) is 6.04 Å². The van der Waals surface area contributed by atoms with E-state index in [2.05, 4.69) is 10.6 Å². The van der Waals surface area contributed by atoms with Crippen molar-refractivity contribution in [1.82, 2.24) is 9.88 Å². The highest BCUT2D eigenvalue weighted by atomic mass is 16.4. The zero-order valence-electron chi connectivity index (χ0n) is 20.0. The minimum absolute atomic E-state index is 0.0801. The number of pyridine rings is 1. The van der Waals surface area contributed by atoms with Gasteiger partial charge in [-0.05, 0) is 41.8 Å². The Morgan fingerprint density at radius 3 is 1.89 bits per heavy atom. The third-order valence-corrected chi connectivity index (χ3v) is 6.29. The van der Waals surface area contributed by atoms with E-state index in [4.69, 9.17) is 0 Å². The van der Waals surface area contributed by atoms with Crippen LogP contribution in [0.3, 0.4) is 0 Å². The Bertz CT molecular complexity index is 1380. The molecule has 7 heteroatoms. The molecule has 2 amide bonds. The molecule has 0 bridgehead atoms. The highest BCUT2D eigenvalue weighted by Crippen LogP contribution is 2.29. The van der Waals surface area contributed by atoms with Crippen LogP contribution in [0.4, 0.5) is 10.5 Å². The summed E-state index contributed by atoms with van der Waals surface area (Å²) >= 11 is 0. The summed E-state index contributed by atoms with van der Waals surface area (Å²) in [5, 5.41) is 14.8. The molecule has 0 aliphatic carbocycles. The van der Waals surface area contributed by atoms with E-state index >= 15 is 0 Å². The molecule has 0 aliphatic rings. The fourth-order valence-corrected chi connectivity index (χ4v) is 4.32. The van der Waals surface area contributed by atoms with Gasteiger partial charge in [-0.15, -0.1) is 0 Å². The van der Waals surface area contributed by atoms with Crippen molar-refractivity contribution in [1.29, 1.82) is 0 Å². The lowest BCUT2D eigenvalue weighted by Crippen LogP contribution is -2.47. The Morgan fingerprint density at radius 2 is 1.36 bits per heavy atom. The van der Waals surface area contributed by atoms with Gasteiger partial charge >= 0.3 is 6.09 Å². The minimum atomic E-state index is -1.28. The summed E-state index contributed by atoms with van der Waals surface area (Å²) in [6, 6.07) is 28.2. The summed E-state index contributed by atoms with van der Waals surface area (Å²) in [7, 11) is 1.72. The van der Waals surface area contributed by atoms with Gasteiger partial charge in [0.15, 0.2) is 0 Å². The van der Waals surface area contributed by atoms with Crippen LogP contribution in [0, 0.1) is 6.92 Å². The monoisotopic (exact) mass is 481 g/mol. The van der Waals surface area contributed by atoms with Crippen molar-refractivity contribution in [3.8, 4) is 11.1 Å². The smallest absolute Gasteiger partial charge is 0.405 e. The van der Waals surface area contributed by atoms with Gasteiger partial charge in [0.05, 0.1) is 0 Å². The number of hydrogen-bond acceptors (Lipinski definition) is 3. The second-order valence-electron chi connectivity index (χ2n) is 8.52. The number of hydrogen-bond donors (Lipinski definition) is 3. The summed E-state index contributed by atoms with van der Waals surface area (Å²) < 4.78 is 1.58. The van der Waals surface area contributed by atoms with Gasteiger partial charge in [-0.3, -0.25) is 9.59 Å². The maximum atomic E-state index is 13.5. The SMILES string of the molecule is Cc1c(-c2ccc(NC(=O)C(NC(=O)O)C(c3ccccc3)c3ccccc3)cc2)ccc(=O)n1C. The molecule has 1 unspecified atom stereocenters. The number of carbonyl (C=O) groups is 2. The predicted molar refractivity (Wildman–Crippen MR) is 140 cm³/mol. The first-order valence-electron chi connectivity index (χ1n) is 11.5. The van der Waals surface area contributed by atoms with E-state index in [9.17, 15) is 19.5 Å². The molecule has 3 aromatic carbocycles. The average Bonchev–Trinajstić information content (AvgIpc) is 2.89. The lowest BCUT2D eigenvalue weighted by atomic mass is 9.84. The van der Waals surface area contributed by atoms with Crippen molar-refractivity contribution in [2.75, 3.05) is 5.32 Å². The summed E-state index contributed by atoms with van der Waals surface area (Å²) in [5.74, 6) is -1.00. The lowest BCUT2D eigenvalue weighted by Gasteiger charge is -2.27. The number of anilines is 1. The Kier molecular flexibility index (Phi) is 7.30. The van der Waals surface area contributed by atoms with Crippen molar-refractivity contribution < 1.29 is 14.7 Å². The van der Waals surface area contributed by atoms with E-state index < -0.39 is 24.0 Å². The Labute approximate surface area is 209 Å². The largest absolute Gasteiger partial charge is 0.465 e. The number of nitrogens with zero attached hydrogens (tertiary/aromatic N) is 1. The first-order chi connectivity index (χ1) is 17.3. The lowest BCUT2D eigenvalue weighted by molar-refractivity contribution is -0.118. The van der Waals surface area contributed by atoms with E-state index in [0.29, 0.717) is 5.69 Å². The summed E-state index contributed by atoms with van der Waals surface area (Å²) in [6.45, 7) is 1.88. The van der Waals surface area contributed by atoms with E-state index in [1.54, 1.807) is 29.8 Å². The standard InChI is InChI=1S/C29H27N3O4/c1-19-24(17-18-25(33)32(19)2)20-13-15-23(16-14-20)30-28(34)27(31-29(35)36)26(21-9-5-3-6-10-21)22-11-7-4-8-12-22/h3-18,26-27,31H,1-2H3,(H,30,34)(H,35,36). The average molecular weight is 482 g/mol. The summed E-state index contributed by atoms with van der Waals surface area (Å²) in [5.41, 5.74) is 4.72. The quantitative estimate of drug-likeness (QED) is 0.354. The third kappa shape index (κ3) is 5.36. The fraction of sp³-hybridized carbons (Fsp3) is 0.138. The van der Waals surface area contributed by atoms with Gasteiger partial charge in [0, 0.05) is 36.0 Å². The van der Waals surface area contributed by atoms with Crippen molar-refractivity contribution in [3.63, 3.8) is 0 Å². The molecule has 1 heterocycles. The molecule has 0 spiro atoms. The van der Waals surface area contributed by atoms with Crippen LogP contribution >= 0.6 is 0 Å². The van der Waals surface area contributed by atoms with Crippen LogP contribution < -0.4 is 16.2 Å². The molecule has 0 fully saturated rings. The van der Waals surface area contributed by atoms with Gasteiger partial charge in [0.2, 0.25) is 11.5 Å². The number of aromatic nitrogens is 1. The van der Waals surface area contributed by atoms with Crippen LogP contribution in [0.25, 0.3) is 11.1 Å². The molecule has 1 atom stereocenters. The number of amides is 2. The third-order valence-electron chi connectivity index (χ3n) is 6.29. The maximum Gasteiger partial charge on any atom is 0.405 e. The molecule has 1 aromatic heterocycles. The summed E-state index contributed by atoms with van der Waals surface area (Å²) in [4.78, 5) is 37.0. The molecule has 7 nitrogen and oxygen atoms in total. The highest BCUT2D eigenvalue weighted by Gasteiger charge is 2.32. The second kappa shape index (κ2) is 10.7. The van der Waals surface area contributed by atoms with Gasteiger partial charge < -0.3 is 20.3 Å². The highest BCUT2D eigenvalue weighted by molar-refractivity contribution is 5.97. The first-order valence-corrected chi connectivity index (χ1v) is 11.5. The van der Waals surface area contributed by atoms with E-state index in [1.807, 2.05) is 79.7 Å². The maximum absolute atomic E-state index is 13.5. The molecule has 4 aromatic rings. The van der Waals surface area contributed by atoms with Gasteiger partial charge in [-0.1, -0.05) is 72.8 Å². The van der Waals surface area contributed by atoms with Crippen molar-refractivity contribution in [2.24, 2.45) is 7.05 Å². The molecule has 4 rings (SSSR count). The van der Waals surface area contributed by atoms with Crippen LogP contribution in [0.15, 0.2) is 102 Å². The topological polar surface area (TPSA) is 100 Å². The number of rotatable bonds is 7. The van der Waals surface area contributed by atoms with Crippen LogP contribution in [0.5, 0.6) is 0 Å². The summed E-state index contributed by atoms with van der Waals surface area (Å²) in [6.07, 6.45) is -1.28. The zero-order chi connectivity index (χ0) is 25.7. The van der Waals surface area contributed by atoms with Gasteiger partial charge in [-0.25, -0.2) is 4.79 Å². The molecule has 3 N–H and O–H groups in total. The number of benzene rings is 3. The van der Waals surface area contributed by atoms with E-state index in [0.717, 1.165) is 27.9 Å². The van der Waals surface area contributed by atoms with Gasteiger partial charge in [-0.2, -0.15) is 0 Å². The van der Waals surface area contributed by atoms with Gasteiger partial charge in [0.25, 0.3) is 0 Å². The molecule has 0 saturated carbocycles. The molecule has 0 aliphatic heterocycles. The molecule has 0 saturated heterocycles. The Hall–Kier alpha value is -4.65. The Balaban J connectivity index is 1.64. The number of carbonyl (C=O) groups excluding carboxylic acids is 1. The first kappa shape index (κ1) is 24.5. The molecule has 0 radical (unpaired) electrons. The zero-order valence-corrected chi connectivity index (χ0v) is 20.0. The number of nitrogens with one attached hydrogen (secondary N) is 2. The van der Waals surface area contributed by atoms with Crippen molar-refractivity contribution in [2.45, 2.75) is 18.9 Å². The van der Waals surface area contributed by atoms with E-state index in [-0.39, 0.29) is 5.56 Å². The van der Waals surface area contributed by atoms with Crippen LogP contribution in [0.1, 0.15) is 22.7 Å². The molecule has 182 valence electrons. The second-order valence-corrected chi connectivity index (χ2v) is 8.52. The number of carboxylic acid groups (broad SMARTS) is 1. The minimum Gasteiger partial charge on any atom is -0.465 e. The normalized spacial score (nSPS) is 11.6. The fourth-order valence-electron chi connectivity index (χ4n) is 4.32. The Morgan fingerprint density at radius 1 is 0.806 bits per heavy atom. The van der Waals surface area contributed by atoms with Crippen LogP contribution in [-0.4, -0.2) is 27.7 Å². The molecular weight excluding hydrogens is 454 g/mol. The van der Waals surface area contributed by atoms with E-state index in [1.165, 1.54) is 6.07 Å². The predicted octanol–water partition coefficient (Wildman–Crippen LogP) is 4.77. The molecule has 36 heavy (non-hydrogen) atoms. The van der Waals surface area contributed by atoms with Crippen LogP contribution in [0.2, 0.25) is 0 Å². The molecular formula is C29H27N3O4. The van der Waals surface area contributed by atoms with Crippen LogP contribution in [-0.2, 0) is 11.8 Å². The van der Waals surface area contributed by atoms with Crippen molar-refractivity contribution in [3.05, 3.63) is 124 Å².